The van der Waals surface area contributed by atoms with Gasteiger partial charge in [0, 0.05) is 29.4 Å². The molecular weight excluding hydrogens is 412 g/mol. The molecular formula is C24H18N2O6. The van der Waals surface area contributed by atoms with Crippen LogP contribution in [0, 0.1) is 10.1 Å². The number of carbonyl (C=O) groups is 2. The van der Waals surface area contributed by atoms with E-state index in [1.807, 2.05) is 0 Å². The fourth-order valence-corrected chi connectivity index (χ4v) is 3.70. The van der Waals surface area contributed by atoms with E-state index in [0.717, 1.165) is 0 Å². The minimum atomic E-state index is -0.983. The minimum absolute atomic E-state index is 0.0992. The Balaban J connectivity index is 1.93. The van der Waals surface area contributed by atoms with Crippen LogP contribution in [0.1, 0.15) is 17.2 Å². The molecule has 32 heavy (non-hydrogen) atoms. The van der Waals surface area contributed by atoms with E-state index >= 15 is 0 Å². The smallest absolute Gasteiger partial charge is 0.300 e. The maximum absolute atomic E-state index is 13.1. The predicted octanol–water partition coefficient (Wildman–Crippen LogP) is 4.23. The van der Waals surface area contributed by atoms with E-state index in [1.54, 1.807) is 54.6 Å². The summed E-state index contributed by atoms with van der Waals surface area (Å²) in [7, 11) is 1.48. The number of benzene rings is 3. The van der Waals surface area contributed by atoms with Crippen molar-refractivity contribution in [1.29, 1.82) is 0 Å². The van der Waals surface area contributed by atoms with E-state index < -0.39 is 22.7 Å². The highest BCUT2D eigenvalue weighted by Crippen LogP contribution is 2.43. The fourth-order valence-electron chi connectivity index (χ4n) is 3.70. The van der Waals surface area contributed by atoms with Gasteiger partial charge in [-0.1, -0.05) is 36.4 Å². The second-order valence-electron chi connectivity index (χ2n) is 7.09. The van der Waals surface area contributed by atoms with E-state index in [1.165, 1.54) is 36.3 Å². The average Bonchev–Trinajstić information content (AvgIpc) is 3.09. The van der Waals surface area contributed by atoms with Gasteiger partial charge in [-0.05, 0) is 29.8 Å². The number of ether oxygens (including phenoxy) is 1. The third kappa shape index (κ3) is 3.58. The van der Waals surface area contributed by atoms with Gasteiger partial charge in [0.05, 0.1) is 23.6 Å². The number of anilines is 1. The Labute approximate surface area is 183 Å². The Morgan fingerprint density at radius 3 is 2.31 bits per heavy atom. The largest absolute Gasteiger partial charge is 0.507 e. The number of methoxy groups -OCH3 is 1. The molecule has 1 heterocycles. The number of Topliss-reactive ketones (excluding diaryl/α,β-unsaturated/α-hetero) is 1. The standard InChI is InChI=1S/C24H18N2O6/c1-32-19-9-5-8-18(14-19)25-21(15-10-12-17(13-11-15)26(30)31)20(23(28)24(25)29)22(27)16-6-3-2-4-7-16/h2-14,21,27H,1H3/b22-20-/t21-/m1/s1. The topological polar surface area (TPSA) is 110 Å². The van der Waals surface area contributed by atoms with Crippen molar-refractivity contribution in [2.75, 3.05) is 12.0 Å². The van der Waals surface area contributed by atoms with Crippen LogP contribution < -0.4 is 9.64 Å². The van der Waals surface area contributed by atoms with Gasteiger partial charge in [0.15, 0.2) is 0 Å². The number of aliphatic hydroxyl groups excluding tert-OH is 1. The third-order valence-electron chi connectivity index (χ3n) is 5.24. The molecule has 1 saturated heterocycles. The van der Waals surface area contributed by atoms with Crippen molar-refractivity contribution >= 4 is 28.8 Å². The number of hydrogen-bond donors (Lipinski definition) is 1. The van der Waals surface area contributed by atoms with Gasteiger partial charge in [-0.25, -0.2) is 0 Å². The van der Waals surface area contributed by atoms with Crippen molar-refractivity contribution < 1.29 is 24.4 Å². The molecule has 3 aromatic carbocycles. The molecule has 1 amide bonds. The first-order chi connectivity index (χ1) is 15.4. The molecule has 0 aromatic heterocycles. The Hall–Kier alpha value is -4.46. The number of amides is 1. The Bertz CT molecular complexity index is 1230. The van der Waals surface area contributed by atoms with Gasteiger partial charge in [0.25, 0.3) is 17.4 Å². The molecule has 1 N–H and O–H groups in total. The molecule has 8 heteroatoms. The molecule has 1 fully saturated rings. The van der Waals surface area contributed by atoms with Crippen molar-refractivity contribution in [3.05, 3.63) is 106 Å². The van der Waals surface area contributed by atoms with Crippen LogP contribution in [0.4, 0.5) is 11.4 Å². The first kappa shape index (κ1) is 20.8. The number of rotatable bonds is 5. The van der Waals surface area contributed by atoms with Gasteiger partial charge in [-0.15, -0.1) is 0 Å². The quantitative estimate of drug-likeness (QED) is 0.213. The van der Waals surface area contributed by atoms with Crippen LogP contribution in [0.3, 0.4) is 0 Å². The molecule has 160 valence electrons. The lowest BCUT2D eigenvalue weighted by molar-refractivity contribution is -0.384. The Kier molecular flexibility index (Phi) is 5.43. The second-order valence-corrected chi connectivity index (χ2v) is 7.09. The molecule has 1 atom stereocenters. The van der Waals surface area contributed by atoms with Crippen molar-refractivity contribution in [2.24, 2.45) is 0 Å². The molecule has 0 saturated carbocycles. The van der Waals surface area contributed by atoms with Crippen molar-refractivity contribution in [3.63, 3.8) is 0 Å². The van der Waals surface area contributed by atoms with Gasteiger partial charge < -0.3 is 9.84 Å². The molecule has 0 bridgehead atoms. The van der Waals surface area contributed by atoms with Gasteiger partial charge in [-0.2, -0.15) is 0 Å². The van der Waals surface area contributed by atoms with Crippen LogP contribution in [-0.4, -0.2) is 28.8 Å². The van der Waals surface area contributed by atoms with Crippen LogP contribution >= 0.6 is 0 Å². The Morgan fingerprint density at radius 1 is 1.00 bits per heavy atom. The second kappa shape index (κ2) is 8.35. The van der Waals surface area contributed by atoms with Crippen molar-refractivity contribution in [3.8, 4) is 5.75 Å². The number of nitro benzene ring substituents is 1. The molecule has 0 unspecified atom stereocenters. The monoisotopic (exact) mass is 430 g/mol. The summed E-state index contributed by atoms with van der Waals surface area (Å²) in [5.74, 6) is -1.51. The highest BCUT2D eigenvalue weighted by Gasteiger charge is 2.47. The Morgan fingerprint density at radius 2 is 1.69 bits per heavy atom. The molecule has 3 aromatic rings. The number of carbonyl (C=O) groups excluding carboxylic acids is 2. The van der Waals surface area contributed by atoms with Crippen molar-refractivity contribution in [1.82, 2.24) is 0 Å². The first-order valence-corrected chi connectivity index (χ1v) is 9.67. The van der Waals surface area contributed by atoms with Crippen LogP contribution in [0.5, 0.6) is 5.75 Å². The summed E-state index contributed by atoms with van der Waals surface area (Å²) >= 11 is 0. The van der Waals surface area contributed by atoms with Crippen LogP contribution in [0.2, 0.25) is 0 Å². The summed E-state index contributed by atoms with van der Waals surface area (Å²) in [6.45, 7) is 0. The predicted molar refractivity (Wildman–Crippen MR) is 117 cm³/mol. The average molecular weight is 430 g/mol. The summed E-state index contributed by atoms with van der Waals surface area (Å²) in [5.41, 5.74) is 0.980. The zero-order chi connectivity index (χ0) is 22.8. The molecule has 0 aliphatic carbocycles. The summed E-state index contributed by atoms with van der Waals surface area (Å²) in [4.78, 5) is 38.0. The van der Waals surface area contributed by atoms with Crippen LogP contribution in [0.15, 0.2) is 84.4 Å². The molecule has 4 rings (SSSR count). The maximum Gasteiger partial charge on any atom is 0.300 e. The summed E-state index contributed by atoms with van der Waals surface area (Å²) in [6.07, 6.45) is 0. The first-order valence-electron chi connectivity index (χ1n) is 9.67. The fraction of sp³-hybridized carbons (Fsp3) is 0.0833. The van der Waals surface area contributed by atoms with E-state index in [-0.39, 0.29) is 17.0 Å². The van der Waals surface area contributed by atoms with E-state index in [2.05, 4.69) is 0 Å². The van der Waals surface area contributed by atoms with Crippen LogP contribution in [0.25, 0.3) is 5.76 Å². The minimum Gasteiger partial charge on any atom is -0.507 e. The molecule has 0 radical (unpaired) electrons. The lowest BCUT2D eigenvalue weighted by Gasteiger charge is -2.25. The molecule has 0 spiro atoms. The van der Waals surface area contributed by atoms with E-state index in [0.29, 0.717) is 22.6 Å². The SMILES string of the molecule is COc1cccc(N2C(=O)C(=O)/C(=C(\O)c3ccccc3)[C@H]2c2ccc([N+](=O)[O-])cc2)c1. The van der Waals surface area contributed by atoms with Gasteiger partial charge in [0.1, 0.15) is 11.5 Å². The van der Waals surface area contributed by atoms with Gasteiger partial charge >= 0.3 is 0 Å². The highest BCUT2D eigenvalue weighted by atomic mass is 16.6. The van der Waals surface area contributed by atoms with E-state index in [9.17, 15) is 24.8 Å². The normalized spacial score (nSPS) is 17.4. The highest BCUT2D eigenvalue weighted by molar-refractivity contribution is 6.51. The number of non-ortho nitro benzene ring substituents is 1. The zero-order valence-corrected chi connectivity index (χ0v) is 17.0. The summed E-state index contributed by atoms with van der Waals surface area (Å²) in [6, 6.07) is 19.6. The number of ketones is 1. The molecule has 8 nitrogen and oxygen atoms in total. The molecule has 1 aliphatic rings. The van der Waals surface area contributed by atoms with Gasteiger partial charge in [0.2, 0.25) is 0 Å². The molecule has 1 aliphatic heterocycles. The van der Waals surface area contributed by atoms with E-state index in [4.69, 9.17) is 4.74 Å². The lowest BCUT2D eigenvalue weighted by Crippen LogP contribution is -2.29. The number of nitrogens with zero attached hydrogens (tertiary/aromatic N) is 2. The number of nitro groups is 1. The maximum atomic E-state index is 13.1. The summed E-state index contributed by atoms with van der Waals surface area (Å²) < 4.78 is 5.24. The van der Waals surface area contributed by atoms with Crippen molar-refractivity contribution in [2.45, 2.75) is 6.04 Å². The zero-order valence-electron chi connectivity index (χ0n) is 17.0. The van der Waals surface area contributed by atoms with Gasteiger partial charge in [-0.3, -0.25) is 24.6 Å². The third-order valence-corrected chi connectivity index (χ3v) is 5.24. The lowest BCUT2D eigenvalue weighted by atomic mass is 9.95. The number of aliphatic hydroxyl groups is 1. The van der Waals surface area contributed by atoms with Crippen LogP contribution in [-0.2, 0) is 9.59 Å². The number of hydrogen-bond acceptors (Lipinski definition) is 6. The summed E-state index contributed by atoms with van der Waals surface area (Å²) in [5, 5.41) is 22.1.